The predicted molar refractivity (Wildman–Crippen MR) is 77.4 cm³/mol. The third kappa shape index (κ3) is 2.85. The molecule has 0 aliphatic heterocycles. The Morgan fingerprint density at radius 2 is 2.38 bits per heavy atom. The van der Waals surface area contributed by atoms with E-state index in [0.717, 1.165) is 10.9 Å². The van der Waals surface area contributed by atoms with Crippen LogP contribution in [-0.2, 0) is 6.54 Å². The third-order valence-corrected chi connectivity index (χ3v) is 3.99. The maximum absolute atomic E-state index is 12.1. The van der Waals surface area contributed by atoms with Crippen LogP contribution in [0.3, 0.4) is 0 Å². The molecule has 0 radical (unpaired) electrons. The first-order valence-corrected chi connectivity index (χ1v) is 7.40. The van der Waals surface area contributed by atoms with Gasteiger partial charge in [0.15, 0.2) is 5.76 Å². The molecular weight excluding hydrogens is 336 g/mol. The van der Waals surface area contributed by atoms with Gasteiger partial charge in [-0.25, -0.2) is 0 Å². The van der Waals surface area contributed by atoms with Crippen molar-refractivity contribution < 1.29 is 9.21 Å². The molecule has 1 aliphatic rings. The first-order chi connectivity index (χ1) is 10.1. The molecule has 2 aromatic heterocycles. The fourth-order valence-electron chi connectivity index (χ4n) is 2.24. The fourth-order valence-corrected chi connectivity index (χ4v) is 2.57. The minimum Gasteiger partial charge on any atom is -0.454 e. The van der Waals surface area contributed by atoms with E-state index in [1.54, 1.807) is 23.0 Å². The summed E-state index contributed by atoms with van der Waals surface area (Å²) in [4.78, 5) is 12.1. The fraction of sp³-hybridized carbons (Fsp3) is 0.357. The molecular formula is C14H13BrN4O2. The van der Waals surface area contributed by atoms with Gasteiger partial charge in [-0.05, 0) is 47.3 Å². The van der Waals surface area contributed by atoms with Gasteiger partial charge in [-0.1, -0.05) is 0 Å². The second-order valence-electron chi connectivity index (χ2n) is 5.12. The molecule has 1 amide bonds. The summed E-state index contributed by atoms with van der Waals surface area (Å²) in [7, 11) is 0. The zero-order valence-corrected chi connectivity index (χ0v) is 12.8. The second kappa shape index (κ2) is 5.37. The molecule has 0 bridgehead atoms. The van der Waals surface area contributed by atoms with E-state index in [2.05, 4.69) is 32.4 Å². The monoisotopic (exact) mass is 348 g/mol. The first kappa shape index (κ1) is 13.9. The minimum atomic E-state index is -0.711. The molecule has 3 rings (SSSR count). The summed E-state index contributed by atoms with van der Waals surface area (Å²) in [5, 5.41) is 16.0. The molecule has 1 fully saturated rings. The Bertz CT molecular complexity index is 709. The summed E-state index contributed by atoms with van der Waals surface area (Å²) in [6.45, 7) is 0.447. The number of amides is 1. The molecule has 1 saturated carbocycles. The minimum absolute atomic E-state index is 0.220. The zero-order chi connectivity index (χ0) is 14.9. The quantitative estimate of drug-likeness (QED) is 0.919. The Labute approximate surface area is 129 Å². The molecule has 7 heteroatoms. The average molecular weight is 349 g/mol. The van der Waals surface area contributed by atoms with Crippen LogP contribution in [0.25, 0.3) is 0 Å². The first-order valence-electron chi connectivity index (χ1n) is 6.61. The number of halogens is 1. The number of nitrogens with one attached hydrogen (secondary N) is 1. The van der Waals surface area contributed by atoms with Gasteiger partial charge in [0.05, 0.1) is 23.3 Å². The van der Waals surface area contributed by atoms with Crippen molar-refractivity contribution in [1.29, 1.82) is 5.26 Å². The largest absolute Gasteiger partial charge is 0.454 e. The van der Waals surface area contributed by atoms with Crippen molar-refractivity contribution in [1.82, 2.24) is 15.1 Å². The highest BCUT2D eigenvalue weighted by atomic mass is 79.9. The van der Waals surface area contributed by atoms with Crippen LogP contribution in [0.1, 0.15) is 35.6 Å². The molecule has 0 unspecified atom stereocenters. The molecule has 1 aliphatic carbocycles. The van der Waals surface area contributed by atoms with Crippen molar-refractivity contribution in [2.75, 3.05) is 0 Å². The Hall–Kier alpha value is -2.07. The summed E-state index contributed by atoms with van der Waals surface area (Å²) in [5.74, 6) is 0.511. The lowest BCUT2D eigenvalue weighted by atomic mass is 9.78. The van der Waals surface area contributed by atoms with Crippen LogP contribution in [0.2, 0.25) is 0 Å². The molecule has 0 atom stereocenters. The van der Waals surface area contributed by atoms with Crippen LogP contribution in [0, 0.1) is 11.3 Å². The standard InChI is InChI=1S/C14H13BrN4O2/c15-10-6-17-19(7-10)8-11-2-3-12(21-11)13(20)18-14(9-16)4-1-5-14/h2-3,6-7H,1,4-5,8H2,(H,18,20). The topological polar surface area (TPSA) is 83.9 Å². The zero-order valence-electron chi connectivity index (χ0n) is 11.2. The molecule has 2 aromatic rings. The van der Waals surface area contributed by atoms with Crippen LogP contribution in [0.5, 0.6) is 0 Å². The smallest absolute Gasteiger partial charge is 0.288 e. The summed E-state index contributed by atoms with van der Waals surface area (Å²) in [5.41, 5.74) is -0.711. The van der Waals surface area contributed by atoms with Crippen LogP contribution >= 0.6 is 15.9 Å². The summed E-state index contributed by atoms with van der Waals surface area (Å²) in [6.07, 6.45) is 5.87. The summed E-state index contributed by atoms with van der Waals surface area (Å²) < 4.78 is 8.10. The number of rotatable bonds is 4. The highest BCUT2D eigenvalue weighted by Gasteiger charge is 2.39. The van der Waals surface area contributed by atoms with E-state index in [4.69, 9.17) is 9.68 Å². The third-order valence-electron chi connectivity index (χ3n) is 3.58. The lowest BCUT2D eigenvalue weighted by Gasteiger charge is -2.35. The maximum Gasteiger partial charge on any atom is 0.288 e. The van der Waals surface area contributed by atoms with Gasteiger partial charge >= 0.3 is 0 Å². The number of nitrogens with zero attached hydrogens (tertiary/aromatic N) is 3. The van der Waals surface area contributed by atoms with Crippen molar-refractivity contribution in [3.05, 3.63) is 40.5 Å². The number of nitriles is 1. The highest BCUT2D eigenvalue weighted by molar-refractivity contribution is 9.10. The van der Waals surface area contributed by atoms with Crippen molar-refractivity contribution in [3.63, 3.8) is 0 Å². The summed E-state index contributed by atoms with van der Waals surface area (Å²) >= 11 is 3.32. The molecule has 0 saturated heterocycles. The van der Waals surface area contributed by atoms with E-state index in [1.807, 2.05) is 6.20 Å². The van der Waals surface area contributed by atoms with Crippen LogP contribution in [-0.4, -0.2) is 21.2 Å². The van der Waals surface area contributed by atoms with Gasteiger partial charge in [0, 0.05) is 6.20 Å². The SMILES string of the molecule is N#CC1(NC(=O)c2ccc(Cn3cc(Br)cn3)o2)CCC1. The second-order valence-corrected chi connectivity index (χ2v) is 6.04. The van der Waals surface area contributed by atoms with Crippen LogP contribution < -0.4 is 5.32 Å². The number of carbonyl (C=O) groups excluding carboxylic acids is 1. The number of hydrogen-bond donors (Lipinski definition) is 1. The maximum atomic E-state index is 12.1. The average Bonchev–Trinajstić information content (AvgIpc) is 3.04. The summed E-state index contributed by atoms with van der Waals surface area (Å²) in [6, 6.07) is 5.53. The predicted octanol–water partition coefficient (Wildman–Crippen LogP) is 2.46. The van der Waals surface area contributed by atoms with Gasteiger partial charge < -0.3 is 9.73 Å². The van der Waals surface area contributed by atoms with Gasteiger partial charge in [0.25, 0.3) is 5.91 Å². The van der Waals surface area contributed by atoms with E-state index in [9.17, 15) is 4.79 Å². The van der Waals surface area contributed by atoms with E-state index < -0.39 is 5.54 Å². The van der Waals surface area contributed by atoms with E-state index in [1.165, 1.54) is 0 Å². The van der Waals surface area contributed by atoms with Gasteiger partial charge in [-0.3, -0.25) is 9.48 Å². The van der Waals surface area contributed by atoms with Crippen LogP contribution in [0.4, 0.5) is 0 Å². The molecule has 0 aromatic carbocycles. The van der Waals surface area contributed by atoms with E-state index in [-0.39, 0.29) is 11.7 Å². The van der Waals surface area contributed by atoms with Crippen molar-refractivity contribution >= 4 is 21.8 Å². The molecule has 6 nitrogen and oxygen atoms in total. The lowest BCUT2D eigenvalue weighted by Crippen LogP contribution is -2.52. The van der Waals surface area contributed by atoms with Gasteiger partial charge in [0.1, 0.15) is 11.3 Å². The van der Waals surface area contributed by atoms with E-state index >= 15 is 0 Å². The van der Waals surface area contributed by atoms with Crippen molar-refractivity contribution in [2.24, 2.45) is 0 Å². The Balaban J connectivity index is 1.67. The normalized spacial score (nSPS) is 16.0. The van der Waals surface area contributed by atoms with Gasteiger partial charge in [0.2, 0.25) is 0 Å². The number of aromatic nitrogens is 2. The lowest BCUT2D eigenvalue weighted by molar-refractivity contribution is 0.0850. The molecule has 108 valence electrons. The molecule has 0 spiro atoms. The van der Waals surface area contributed by atoms with Gasteiger partial charge in [-0.15, -0.1) is 0 Å². The Kier molecular flexibility index (Phi) is 3.55. The van der Waals surface area contributed by atoms with Gasteiger partial charge in [-0.2, -0.15) is 10.4 Å². The van der Waals surface area contributed by atoms with Crippen molar-refractivity contribution in [3.8, 4) is 6.07 Å². The molecule has 1 N–H and O–H groups in total. The number of carbonyl (C=O) groups is 1. The molecule has 21 heavy (non-hydrogen) atoms. The van der Waals surface area contributed by atoms with Crippen LogP contribution in [0.15, 0.2) is 33.4 Å². The number of furan rings is 1. The highest BCUT2D eigenvalue weighted by Crippen LogP contribution is 2.31. The van der Waals surface area contributed by atoms with Crippen molar-refractivity contribution in [2.45, 2.75) is 31.3 Å². The van der Waals surface area contributed by atoms with E-state index in [0.29, 0.717) is 25.1 Å². The Morgan fingerprint density at radius 1 is 1.57 bits per heavy atom. The Morgan fingerprint density at radius 3 is 2.95 bits per heavy atom. The molecule has 2 heterocycles. The number of hydrogen-bond acceptors (Lipinski definition) is 4.